The van der Waals surface area contributed by atoms with Crippen molar-refractivity contribution in [1.82, 2.24) is 4.90 Å². The molecule has 7 heteroatoms. The van der Waals surface area contributed by atoms with Gasteiger partial charge in [0, 0.05) is 17.5 Å². The summed E-state index contributed by atoms with van der Waals surface area (Å²) in [5, 5.41) is 15.5. The van der Waals surface area contributed by atoms with E-state index in [2.05, 4.69) is 48.2 Å². The van der Waals surface area contributed by atoms with Crippen LogP contribution in [0, 0.1) is 5.92 Å². The Morgan fingerprint density at radius 1 is 1.00 bits per heavy atom. The third kappa shape index (κ3) is 10.6. The Morgan fingerprint density at radius 3 is 2.12 bits per heavy atom. The number of halogens is 1. The summed E-state index contributed by atoms with van der Waals surface area (Å²) in [5.74, 6) is -2.02. The lowest BCUT2D eigenvalue weighted by atomic mass is 10.1. The third-order valence-electron chi connectivity index (χ3n) is 5.33. The first-order chi connectivity index (χ1) is 15.9. The van der Waals surface area contributed by atoms with E-state index in [1.54, 1.807) is 0 Å². The predicted molar refractivity (Wildman–Crippen MR) is 132 cm³/mol. The van der Waals surface area contributed by atoms with E-state index < -0.39 is 11.9 Å². The smallest absolute Gasteiger partial charge is 0.414 e. The van der Waals surface area contributed by atoms with E-state index in [1.807, 2.05) is 24.3 Å². The molecule has 0 spiro atoms. The molecule has 1 atom stereocenters. The van der Waals surface area contributed by atoms with Crippen LogP contribution in [0.4, 0.5) is 0 Å². The van der Waals surface area contributed by atoms with Crippen LogP contribution in [0.15, 0.2) is 48.5 Å². The maximum atomic E-state index is 9.10. The molecule has 0 aromatic heterocycles. The molecule has 6 nitrogen and oxygen atoms in total. The summed E-state index contributed by atoms with van der Waals surface area (Å²) in [6.07, 6.45) is 9.43. The predicted octanol–water partition coefficient (Wildman–Crippen LogP) is 5.56. The highest BCUT2D eigenvalue weighted by Gasteiger charge is 2.22. The van der Waals surface area contributed by atoms with E-state index in [-0.39, 0.29) is 0 Å². The molecule has 2 aromatic carbocycles. The normalized spacial score (nSPS) is 15.8. The highest BCUT2D eigenvalue weighted by atomic mass is 35.5. The van der Waals surface area contributed by atoms with Gasteiger partial charge in [-0.3, -0.25) is 0 Å². The summed E-state index contributed by atoms with van der Waals surface area (Å²) in [5.41, 5.74) is 2.31. The van der Waals surface area contributed by atoms with Crippen molar-refractivity contribution in [3.63, 3.8) is 0 Å². The molecule has 1 unspecified atom stereocenters. The monoisotopic (exact) mass is 473 g/mol. The SMILES string of the molecule is CCCCCN1CCC(COc2ccc(C=Cc3ccc(Cl)cc3)cc2)C1.O=C(O)C(=O)O. The molecule has 0 bridgehead atoms. The van der Waals surface area contributed by atoms with Crippen molar-refractivity contribution in [1.29, 1.82) is 0 Å². The van der Waals surface area contributed by atoms with Gasteiger partial charge in [-0.1, -0.05) is 67.8 Å². The van der Waals surface area contributed by atoms with Gasteiger partial charge in [-0.05, 0) is 61.3 Å². The van der Waals surface area contributed by atoms with Crippen LogP contribution in [0.5, 0.6) is 5.75 Å². The van der Waals surface area contributed by atoms with E-state index in [0.717, 1.165) is 22.9 Å². The van der Waals surface area contributed by atoms with Gasteiger partial charge in [-0.15, -0.1) is 0 Å². The first-order valence-corrected chi connectivity index (χ1v) is 11.6. The van der Waals surface area contributed by atoms with Gasteiger partial charge < -0.3 is 19.8 Å². The van der Waals surface area contributed by atoms with Gasteiger partial charge in [0.05, 0.1) is 6.61 Å². The van der Waals surface area contributed by atoms with Crippen LogP contribution in [0.3, 0.4) is 0 Å². The molecule has 0 saturated carbocycles. The molecule has 1 saturated heterocycles. The Bertz CT molecular complexity index is 884. The Balaban J connectivity index is 0.000000569. The van der Waals surface area contributed by atoms with Crippen LogP contribution in [-0.2, 0) is 9.59 Å². The number of likely N-dealkylation sites (tertiary alicyclic amines) is 1. The second-order valence-electron chi connectivity index (χ2n) is 8.04. The Hall–Kier alpha value is -2.83. The lowest BCUT2D eigenvalue weighted by Crippen LogP contribution is -2.23. The van der Waals surface area contributed by atoms with Crippen molar-refractivity contribution < 1.29 is 24.5 Å². The number of hydrogen-bond acceptors (Lipinski definition) is 4. The fourth-order valence-electron chi connectivity index (χ4n) is 3.49. The quantitative estimate of drug-likeness (QED) is 0.282. The fourth-order valence-corrected chi connectivity index (χ4v) is 3.62. The van der Waals surface area contributed by atoms with Crippen LogP contribution in [-0.4, -0.2) is 53.3 Å². The lowest BCUT2D eigenvalue weighted by molar-refractivity contribution is -0.159. The highest BCUT2D eigenvalue weighted by molar-refractivity contribution is 6.30. The maximum absolute atomic E-state index is 9.10. The number of aliphatic carboxylic acids is 2. The average molecular weight is 474 g/mol. The molecule has 1 aliphatic rings. The first kappa shape index (κ1) is 26.4. The number of carbonyl (C=O) groups is 2. The van der Waals surface area contributed by atoms with E-state index in [9.17, 15) is 0 Å². The summed E-state index contributed by atoms with van der Waals surface area (Å²) in [6.45, 7) is 6.75. The number of rotatable bonds is 9. The molecule has 33 heavy (non-hydrogen) atoms. The van der Waals surface area contributed by atoms with Gasteiger partial charge in [-0.2, -0.15) is 0 Å². The van der Waals surface area contributed by atoms with E-state index in [0.29, 0.717) is 5.92 Å². The first-order valence-electron chi connectivity index (χ1n) is 11.2. The van der Waals surface area contributed by atoms with Gasteiger partial charge in [-0.25, -0.2) is 9.59 Å². The Kier molecular flexibility index (Phi) is 11.5. The van der Waals surface area contributed by atoms with Crippen molar-refractivity contribution >= 4 is 35.7 Å². The molecule has 0 radical (unpaired) electrons. The van der Waals surface area contributed by atoms with Gasteiger partial charge in [0.15, 0.2) is 0 Å². The zero-order valence-electron chi connectivity index (χ0n) is 19.0. The van der Waals surface area contributed by atoms with Crippen LogP contribution in [0.1, 0.15) is 43.7 Å². The maximum Gasteiger partial charge on any atom is 0.414 e. The lowest BCUT2D eigenvalue weighted by Gasteiger charge is -2.16. The molecule has 0 aliphatic carbocycles. The molecule has 1 aliphatic heterocycles. The average Bonchev–Trinajstić information content (AvgIpc) is 3.26. The summed E-state index contributed by atoms with van der Waals surface area (Å²) in [6, 6.07) is 16.2. The van der Waals surface area contributed by atoms with E-state index in [1.165, 1.54) is 50.9 Å². The largest absolute Gasteiger partial charge is 0.493 e. The summed E-state index contributed by atoms with van der Waals surface area (Å²) in [7, 11) is 0. The topological polar surface area (TPSA) is 87.1 Å². The van der Waals surface area contributed by atoms with Crippen LogP contribution in [0.25, 0.3) is 12.2 Å². The Morgan fingerprint density at radius 2 is 1.58 bits per heavy atom. The standard InChI is InChI=1S/C24H30ClNO.C2H2O4/c1-2-3-4-16-26-17-15-22(18-26)19-27-24-13-9-21(10-14-24)6-5-20-7-11-23(25)12-8-20;3-1(4)2(5)6/h5-14,22H,2-4,15-19H2,1H3;(H,3,4)(H,5,6). The second-order valence-corrected chi connectivity index (χ2v) is 8.47. The van der Waals surface area contributed by atoms with E-state index >= 15 is 0 Å². The van der Waals surface area contributed by atoms with Crippen molar-refractivity contribution in [3.8, 4) is 5.75 Å². The number of carboxylic acids is 2. The van der Waals surface area contributed by atoms with Gasteiger partial charge in [0.2, 0.25) is 0 Å². The van der Waals surface area contributed by atoms with E-state index in [4.69, 9.17) is 36.1 Å². The van der Waals surface area contributed by atoms with Crippen molar-refractivity contribution in [2.24, 2.45) is 5.92 Å². The number of benzene rings is 2. The number of nitrogens with zero attached hydrogens (tertiary/aromatic N) is 1. The molecule has 178 valence electrons. The zero-order chi connectivity index (χ0) is 24.1. The van der Waals surface area contributed by atoms with Crippen molar-refractivity contribution in [3.05, 3.63) is 64.7 Å². The van der Waals surface area contributed by atoms with Gasteiger partial charge in [0.25, 0.3) is 0 Å². The van der Waals surface area contributed by atoms with Crippen LogP contribution >= 0.6 is 11.6 Å². The van der Waals surface area contributed by atoms with Crippen LogP contribution < -0.4 is 4.74 Å². The summed E-state index contributed by atoms with van der Waals surface area (Å²) in [4.78, 5) is 20.8. The van der Waals surface area contributed by atoms with Crippen molar-refractivity contribution in [2.45, 2.75) is 32.6 Å². The molecule has 2 N–H and O–H groups in total. The molecule has 0 amide bonds. The van der Waals surface area contributed by atoms with Crippen LogP contribution in [0.2, 0.25) is 5.02 Å². The highest BCUT2D eigenvalue weighted by Crippen LogP contribution is 2.20. The van der Waals surface area contributed by atoms with Gasteiger partial charge in [0.1, 0.15) is 5.75 Å². The molecular formula is C26H32ClNO5. The summed E-state index contributed by atoms with van der Waals surface area (Å²) < 4.78 is 6.03. The number of carboxylic acid groups (broad SMARTS) is 2. The minimum Gasteiger partial charge on any atom is -0.493 e. The van der Waals surface area contributed by atoms with Gasteiger partial charge >= 0.3 is 11.9 Å². The number of hydrogen-bond donors (Lipinski definition) is 2. The number of unbranched alkanes of at least 4 members (excludes halogenated alkanes) is 2. The second kappa shape index (κ2) is 14.3. The fraction of sp³-hybridized carbons (Fsp3) is 0.385. The summed E-state index contributed by atoms with van der Waals surface area (Å²) >= 11 is 5.92. The minimum absolute atomic E-state index is 0.663. The van der Waals surface area contributed by atoms with Crippen molar-refractivity contribution in [2.75, 3.05) is 26.2 Å². The third-order valence-corrected chi connectivity index (χ3v) is 5.59. The number of ether oxygens (including phenoxy) is 1. The molecule has 2 aromatic rings. The molecule has 1 fully saturated rings. The molecular weight excluding hydrogens is 442 g/mol. The molecule has 3 rings (SSSR count). The minimum atomic E-state index is -1.82. The zero-order valence-corrected chi connectivity index (χ0v) is 19.7. The Labute approximate surface area is 200 Å². The molecule has 1 heterocycles.